The lowest BCUT2D eigenvalue weighted by Gasteiger charge is -2.13. The minimum atomic E-state index is -3.99. The highest BCUT2D eigenvalue weighted by molar-refractivity contribution is 7.91. The van der Waals surface area contributed by atoms with E-state index in [1.807, 2.05) is 4.72 Å². The molecule has 0 spiro atoms. The van der Waals surface area contributed by atoms with Gasteiger partial charge >= 0.3 is 11.9 Å². The molecule has 7 nitrogen and oxygen atoms in total. The third-order valence-corrected chi connectivity index (χ3v) is 5.47. The van der Waals surface area contributed by atoms with Crippen LogP contribution in [-0.2, 0) is 24.3 Å². The van der Waals surface area contributed by atoms with Crippen LogP contribution in [-0.4, -0.2) is 38.6 Å². The highest BCUT2D eigenvalue weighted by Crippen LogP contribution is 2.25. The zero-order valence-electron chi connectivity index (χ0n) is 10.3. The summed E-state index contributed by atoms with van der Waals surface area (Å²) < 4.78 is 30.4. The third-order valence-electron chi connectivity index (χ3n) is 2.27. The Bertz CT molecular complexity index is 597. The Morgan fingerprint density at radius 2 is 2.15 bits per heavy atom. The predicted molar refractivity (Wildman–Crippen MR) is 72.3 cm³/mol. The molecule has 0 fully saturated rings. The molecule has 1 aromatic heterocycles. The fourth-order valence-corrected chi connectivity index (χ4v) is 4.01. The number of thiophene rings is 1. The first-order chi connectivity index (χ1) is 9.26. The van der Waals surface area contributed by atoms with Crippen molar-refractivity contribution in [3.8, 4) is 0 Å². The first-order valence-electron chi connectivity index (χ1n) is 5.33. The molecule has 0 aliphatic rings. The first-order valence-corrected chi connectivity index (χ1v) is 8.01. The van der Waals surface area contributed by atoms with Crippen molar-refractivity contribution >= 4 is 44.9 Å². The molecule has 1 aromatic rings. The van der Waals surface area contributed by atoms with Crippen molar-refractivity contribution in [2.24, 2.45) is 0 Å². The van der Waals surface area contributed by atoms with Crippen LogP contribution in [0.15, 0.2) is 16.3 Å². The normalized spacial score (nSPS) is 12.9. The van der Waals surface area contributed by atoms with E-state index < -0.39 is 28.0 Å². The molecule has 2 N–H and O–H groups in total. The molecule has 0 saturated carbocycles. The highest BCUT2D eigenvalue weighted by atomic mass is 35.5. The lowest BCUT2D eigenvalue weighted by Crippen LogP contribution is -2.40. The summed E-state index contributed by atoms with van der Waals surface area (Å²) in [6.45, 7) is 0. The molecule has 1 heterocycles. The summed E-state index contributed by atoms with van der Waals surface area (Å²) in [6, 6.07) is 1.25. The molecule has 0 bridgehead atoms. The van der Waals surface area contributed by atoms with Crippen LogP contribution in [0, 0.1) is 0 Å². The Morgan fingerprint density at radius 1 is 1.50 bits per heavy atom. The summed E-state index contributed by atoms with van der Waals surface area (Å²) >= 11 is 6.44. The third kappa shape index (κ3) is 4.75. The zero-order chi connectivity index (χ0) is 15.3. The molecule has 0 aromatic carbocycles. The van der Waals surface area contributed by atoms with Crippen LogP contribution in [0.1, 0.15) is 12.8 Å². The summed E-state index contributed by atoms with van der Waals surface area (Å²) in [5.41, 5.74) is 0. The molecule has 0 radical (unpaired) electrons. The molecule has 0 unspecified atom stereocenters. The van der Waals surface area contributed by atoms with E-state index in [0.717, 1.165) is 18.4 Å². The van der Waals surface area contributed by atoms with E-state index in [1.54, 1.807) is 0 Å². The average Bonchev–Trinajstić information content (AvgIpc) is 2.81. The van der Waals surface area contributed by atoms with Gasteiger partial charge in [-0.25, -0.2) is 8.42 Å². The predicted octanol–water partition coefficient (Wildman–Crippen LogP) is 1.09. The quantitative estimate of drug-likeness (QED) is 0.718. The Balaban J connectivity index is 2.80. The number of carboxylic acid groups (broad SMARTS) is 1. The number of esters is 1. The summed E-state index contributed by atoms with van der Waals surface area (Å²) in [6.07, 6.45) is -0.415. The smallest absolute Gasteiger partial charge is 0.321 e. The molecular weight excluding hydrogens is 330 g/mol. The Kier molecular flexibility index (Phi) is 5.93. The van der Waals surface area contributed by atoms with E-state index in [9.17, 15) is 18.0 Å². The van der Waals surface area contributed by atoms with Crippen molar-refractivity contribution in [1.82, 2.24) is 4.72 Å². The maximum absolute atomic E-state index is 11.9. The number of ether oxygens (including phenoxy) is 1. The second-order valence-electron chi connectivity index (χ2n) is 3.69. The minimum Gasteiger partial charge on any atom is -0.480 e. The van der Waals surface area contributed by atoms with Crippen molar-refractivity contribution in [3.63, 3.8) is 0 Å². The van der Waals surface area contributed by atoms with Crippen molar-refractivity contribution in [2.75, 3.05) is 7.11 Å². The lowest BCUT2D eigenvalue weighted by molar-refractivity contribution is -0.142. The molecule has 0 saturated heterocycles. The van der Waals surface area contributed by atoms with Gasteiger partial charge in [-0.1, -0.05) is 11.6 Å². The van der Waals surface area contributed by atoms with E-state index >= 15 is 0 Å². The molecule has 0 aliphatic heterocycles. The number of sulfonamides is 1. The fourth-order valence-electron chi connectivity index (χ4n) is 1.28. The van der Waals surface area contributed by atoms with Gasteiger partial charge in [0.1, 0.15) is 10.3 Å². The van der Waals surface area contributed by atoms with E-state index in [2.05, 4.69) is 4.74 Å². The highest BCUT2D eigenvalue weighted by Gasteiger charge is 2.27. The number of rotatable bonds is 7. The Hall–Kier alpha value is -1.16. The van der Waals surface area contributed by atoms with Crippen LogP contribution >= 0.6 is 22.9 Å². The zero-order valence-corrected chi connectivity index (χ0v) is 12.7. The summed E-state index contributed by atoms with van der Waals surface area (Å²) in [4.78, 5) is 22.0. The van der Waals surface area contributed by atoms with Crippen LogP contribution < -0.4 is 4.72 Å². The summed E-state index contributed by atoms with van der Waals surface area (Å²) in [7, 11) is -2.82. The summed E-state index contributed by atoms with van der Waals surface area (Å²) in [5, 5.41) is 8.97. The van der Waals surface area contributed by atoms with Gasteiger partial charge in [0.05, 0.1) is 11.4 Å². The van der Waals surface area contributed by atoms with Gasteiger partial charge in [-0.05, 0) is 18.6 Å². The van der Waals surface area contributed by atoms with Crippen molar-refractivity contribution < 1.29 is 27.9 Å². The number of carbonyl (C=O) groups excluding carboxylic acids is 1. The molecule has 10 heteroatoms. The number of methoxy groups -OCH3 is 1. The van der Waals surface area contributed by atoms with Gasteiger partial charge in [0.15, 0.2) is 0 Å². The van der Waals surface area contributed by atoms with Crippen molar-refractivity contribution in [2.45, 2.75) is 23.1 Å². The van der Waals surface area contributed by atoms with E-state index in [0.29, 0.717) is 0 Å². The van der Waals surface area contributed by atoms with E-state index in [-0.39, 0.29) is 21.4 Å². The molecule has 1 rings (SSSR count). The molecule has 0 amide bonds. The SMILES string of the molecule is COC(=O)CC[C@H](NS(=O)(=O)c1ccc(Cl)s1)C(=O)O. The number of halogens is 1. The number of aliphatic carboxylic acids is 1. The molecule has 1 atom stereocenters. The maximum Gasteiger partial charge on any atom is 0.321 e. The van der Waals surface area contributed by atoms with Crippen LogP contribution in [0.5, 0.6) is 0 Å². The van der Waals surface area contributed by atoms with Crippen LogP contribution in [0.25, 0.3) is 0 Å². The van der Waals surface area contributed by atoms with Crippen molar-refractivity contribution in [3.05, 3.63) is 16.5 Å². The van der Waals surface area contributed by atoms with Crippen LogP contribution in [0.3, 0.4) is 0 Å². The second-order valence-corrected chi connectivity index (χ2v) is 7.34. The monoisotopic (exact) mass is 341 g/mol. The van der Waals surface area contributed by atoms with Gasteiger partial charge in [-0.3, -0.25) is 9.59 Å². The van der Waals surface area contributed by atoms with Gasteiger partial charge in [0.25, 0.3) is 10.0 Å². The van der Waals surface area contributed by atoms with Gasteiger partial charge in [0.2, 0.25) is 0 Å². The van der Waals surface area contributed by atoms with Gasteiger partial charge in [-0.2, -0.15) is 4.72 Å². The van der Waals surface area contributed by atoms with E-state index in [4.69, 9.17) is 16.7 Å². The number of hydrogen-bond donors (Lipinski definition) is 2. The Labute approximate surface area is 124 Å². The average molecular weight is 342 g/mol. The van der Waals surface area contributed by atoms with Gasteiger partial charge in [0, 0.05) is 6.42 Å². The second kappa shape index (κ2) is 7.02. The maximum atomic E-state index is 11.9. The van der Waals surface area contributed by atoms with Gasteiger partial charge in [-0.15, -0.1) is 11.3 Å². The number of hydrogen-bond acceptors (Lipinski definition) is 6. The number of carboxylic acids is 1. The van der Waals surface area contributed by atoms with Crippen LogP contribution in [0.2, 0.25) is 4.34 Å². The molecule has 0 aliphatic carbocycles. The topological polar surface area (TPSA) is 110 Å². The molecular formula is C10H12ClNO6S2. The number of carbonyl (C=O) groups is 2. The molecule has 20 heavy (non-hydrogen) atoms. The Morgan fingerprint density at radius 3 is 2.60 bits per heavy atom. The fraction of sp³-hybridized carbons (Fsp3) is 0.400. The number of nitrogens with one attached hydrogen (secondary N) is 1. The first kappa shape index (κ1) is 16.9. The van der Waals surface area contributed by atoms with Crippen molar-refractivity contribution in [1.29, 1.82) is 0 Å². The largest absolute Gasteiger partial charge is 0.480 e. The van der Waals surface area contributed by atoms with Gasteiger partial charge < -0.3 is 9.84 Å². The standard InChI is InChI=1S/C10H12ClNO6S2/c1-18-8(13)4-2-6(10(14)15)12-20(16,17)9-5-3-7(11)19-9/h3,5-6,12H,2,4H2,1H3,(H,14,15)/t6-/m0/s1. The van der Waals surface area contributed by atoms with Crippen LogP contribution in [0.4, 0.5) is 0 Å². The minimum absolute atomic E-state index is 0.0909. The molecule has 112 valence electrons. The lowest BCUT2D eigenvalue weighted by atomic mass is 10.2. The van der Waals surface area contributed by atoms with E-state index in [1.165, 1.54) is 12.1 Å². The summed E-state index contributed by atoms with van der Waals surface area (Å²) in [5.74, 6) is -1.99.